The van der Waals surface area contributed by atoms with E-state index in [0.29, 0.717) is 38.2 Å². The van der Waals surface area contributed by atoms with E-state index < -0.39 is 6.36 Å². The van der Waals surface area contributed by atoms with Gasteiger partial charge in [-0.1, -0.05) is 18.2 Å². The van der Waals surface area contributed by atoms with E-state index in [1.165, 1.54) is 12.1 Å². The SMILES string of the molecule is NCCCOC1CCN(C(=O)C2CC2c2ccccc2OC(F)(F)F)CC1. The second-order valence-corrected chi connectivity index (χ2v) is 7.07. The number of likely N-dealkylation sites (tertiary alicyclic amines) is 1. The fourth-order valence-corrected chi connectivity index (χ4v) is 3.63. The normalized spacial score (nSPS) is 23.3. The molecule has 2 atom stereocenters. The monoisotopic (exact) mass is 386 g/mol. The van der Waals surface area contributed by atoms with Crippen LogP contribution in [0.2, 0.25) is 0 Å². The van der Waals surface area contributed by atoms with Crippen LogP contribution in [-0.4, -0.2) is 49.5 Å². The highest BCUT2D eigenvalue weighted by Gasteiger charge is 2.48. The van der Waals surface area contributed by atoms with E-state index in [2.05, 4.69) is 4.74 Å². The van der Waals surface area contributed by atoms with Crippen molar-refractivity contribution in [3.63, 3.8) is 0 Å². The summed E-state index contributed by atoms with van der Waals surface area (Å²) in [4.78, 5) is 14.5. The lowest BCUT2D eigenvalue weighted by atomic mass is 10.0. The van der Waals surface area contributed by atoms with Crippen LogP contribution in [0.25, 0.3) is 0 Å². The standard InChI is InChI=1S/C19H25F3N2O3/c20-19(21,22)27-17-5-2-1-4-14(17)15-12-16(15)18(25)24-9-6-13(7-10-24)26-11-3-8-23/h1-2,4-5,13,15-16H,3,6-12,23H2. The van der Waals surface area contributed by atoms with E-state index in [1.807, 2.05) is 0 Å². The van der Waals surface area contributed by atoms with Crippen LogP contribution in [0.1, 0.15) is 37.2 Å². The number of hydrogen-bond donors (Lipinski definition) is 1. The highest BCUT2D eigenvalue weighted by Crippen LogP contribution is 2.51. The first-order chi connectivity index (χ1) is 12.9. The number of ether oxygens (including phenoxy) is 2. The van der Waals surface area contributed by atoms with Crippen LogP contribution < -0.4 is 10.5 Å². The summed E-state index contributed by atoms with van der Waals surface area (Å²) in [7, 11) is 0. The molecule has 0 radical (unpaired) electrons. The number of nitrogens with zero attached hydrogens (tertiary/aromatic N) is 1. The Balaban J connectivity index is 1.53. The minimum absolute atomic E-state index is 0.0159. The zero-order valence-corrected chi connectivity index (χ0v) is 15.1. The van der Waals surface area contributed by atoms with Gasteiger partial charge in [0, 0.05) is 25.6 Å². The van der Waals surface area contributed by atoms with Gasteiger partial charge in [0.05, 0.1) is 6.10 Å². The molecule has 1 amide bonds. The fourth-order valence-electron chi connectivity index (χ4n) is 3.63. The molecule has 2 unspecified atom stereocenters. The number of nitrogens with two attached hydrogens (primary N) is 1. The van der Waals surface area contributed by atoms with Crippen molar-refractivity contribution in [1.29, 1.82) is 0 Å². The molecule has 1 aliphatic heterocycles. The molecule has 0 bridgehead atoms. The molecule has 8 heteroatoms. The predicted octanol–water partition coefficient (Wildman–Crippen LogP) is 3.05. The number of amides is 1. The third kappa shape index (κ3) is 5.35. The maximum atomic E-state index is 12.7. The third-order valence-electron chi connectivity index (χ3n) is 5.11. The number of para-hydroxylation sites is 1. The Hall–Kier alpha value is -1.80. The number of piperidine rings is 1. The van der Waals surface area contributed by atoms with Crippen molar-refractivity contribution in [3.8, 4) is 5.75 Å². The number of alkyl halides is 3. The van der Waals surface area contributed by atoms with Crippen molar-refractivity contribution in [2.24, 2.45) is 11.7 Å². The maximum Gasteiger partial charge on any atom is 0.573 e. The van der Waals surface area contributed by atoms with Crippen LogP contribution in [0.4, 0.5) is 13.2 Å². The van der Waals surface area contributed by atoms with E-state index in [1.54, 1.807) is 17.0 Å². The van der Waals surface area contributed by atoms with Gasteiger partial charge >= 0.3 is 6.36 Å². The number of benzene rings is 1. The molecule has 1 aliphatic carbocycles. The van der Waals surface area contributed by atoms with Crippen LogP contribution in [0.3, 0.4) is 0 Å². The van der Waals surface area contributed by atoms with Gasteiger partial charge in [-0.3, -0.25) is 4.79 Å². The van der Waals surface area contributed by atoms with E-state index in [4.69, 9.17) is 10.5 Å². The Morgan fingerprint density at radius 2 is 1.93 bits per heavy atom. The molecular formula is C19H25F3N2O3. The molecule has 1 heterocycles. The van der Waals surface area contributed by atoms with Gasteiger partial charge in [0.15, 0.2) is 0 Å². The smallest absolute Gasteiger partial charge is 0.405 e. The molecule has 2 N–H and O–H groups in total. The van der Waals surface area contributed by atoms with Gasteiger partial charge in [0.2, 0.25) is 5.91 Å². The Morgan fingerprint density at radius 3 is 2.59 bits per heavy atom. The lowest BCUT2D eigenvalue weighted by molar-refractivity contribution is -0.274. The van der Waals surface area contributed by atoms with Gasteiger partial charge in [-0.15, -0.1) is 13.2 Å². The molecule has 1 saturated heterocycles. The van der Waals surface area contributed by atoms with Crippen LogP contribution in [0.15, 0.2) is 24.3 Å². The summed E-state index contributed by atoms with van der Waals surface area (Å²) in [6.07, 6.45) is -1.65. The summed E-state index contributed by atoms with van der Waals surface area (Å²) in [6, 6.07) is 6.07. The number of carbonyl (C=O) groups is 1. The van der Waals surface area contributed by atoms with Crippen molar-refractivity contribution in [3.05, 3.63) is 29.8 Å². The highest BCUT2D eigenvalue weighted by atomic mass is 19.4. The molecule has 1 aromatic carbocycles. The minimum atomic E-state index is -4.74. The lowest BCUT2D eigenvalue weighted by Gasteiger charge is -2.32. The van der Waals surface area contributed by atoms with E-state index in [0.717, 1.165) is 19.3 Å². The maximum absolute atomic E-state index is 12.7. The second-order valence-electron chi connectivity index (χ2n) is 7.07. The molecule has 1 aromatic rings. The van der Waals surface area contributed by atoms with Crippen molar-refractivity contribution in [2.45, 2.75) is 44.1 Å². The zero-order valence-electron chi connectivity index (χ0n) is 15.1. The van der Waals surface area contributed by atoms with Gasteiger partial charge in [-0.2, -0.15) is 0 Å². The highest BCUT2D eigenvalue weighted by molar-refractivity contribution is 5.83. The van der Waals surface area contributed by atoms with Gasteiger partial charge in [-0.05, 0) is 49.8 Å². The molecular weight excluding hydrogens is 361 g/mol. The predicted molar refractivity (Wildman–Crippen MR) is 93.2 cm³/mol. The molecule has 0 aromatic heterocycles. The average Bonchev–Trinajstić information content (AvgIpc) is 3.42. The topological polar surface area (TPSA) is 64.8 Å². The molecule has 2 fully saturated rings. The van der Waals surface area contributed by atoms with Gasteiger partial charge < -0.3 is 20.1 Å². The van der Waals surface area contributed by atoms with Crippen LogP contribution in [0, 0.1) is 5.92 Å². The molecule has 1 saturated carbocycles. The summed E-state index contributed by atoms with van der Waals surface area (Å²) < 4.78 is 47.6. The first-order valence-corrected chi connectivity index (χ1v) is 9.34. The Bertz CT molecular complexity index is 645. The summed E-state index contributed by atoms with van der Waals surface area (Å²) in [5, 5.41) is 0. The largest absolute Gasteiger partial charge is 0.573 e. The molecule has 2 aliphatic rings. The lowest BCUT2D eigenvalue weighted by Crippen LogP contribution is -2.42. The summed E-state index contributed by atoms with van der Waals surface area (Å²) in [5.41, 5.74) is 5.90. The molecule has 5 nitrogen and oxygen atoms in total. The van der Waals surface area contributed by atoms with Crippen molar-refractivity contribution in [2.75, 3.05) is 26.2 Å². The average molecular weight is 386 g/mol. The number of hydrogen-bond acceptors (Lipinski definition) is 4. The minimum Gasteiger partial charge on any atom is -0.405 e. The summed E-state index contributed by atoms with van der Waals surface area (Å²) in [5.74, 6) is -0.674. The Morgan fingerprint density at radius 1 is 1.22 bits per heavy atom. The first-order valence-electron chi connectivity index (χ1n) is 9.34. The van der Waals surface area contributed by atoms with Gasteiger partial charge in [0.1, 0.15) is 5.75 Å². The second kappa shape index (κ2) is 8.48. The van der Waals surface area contributed by atoms with Gasteiger partial charge in [0.25, 0.3) is 0 Å². The van der Waals surface area contributed by atoms with E-state index in [9.17, 15) is 18.0 Å². The van der Waals surface area contributed by atoms with E-state index in [-0.39, 0.29) is 29.6 Å². The quantitative estimate of drug-likeness (QED) is 0.732. The molecule has 3 rings (SSSR count). The Kier molecular flexibility index (Phi) is 6.26. The van der Waals surface area contributed by atoms with Gasteiger partial charge in [-0.25, -0.2) is 0 Å². The Labute approximate surface area is 156 Å². The van der Waals surface area contributed by atoms with Crippen molar-refractivity contribution < 1.29 is 27.4 Å². The van der Waals surface area contributed by atoms with Crippen LogP contribution in [-0.2, 0) is 9.53 Å². The van der Waals surface area contributed by atoms with Crippen molar-refractivity contribution in [1.82, 2.24) is 4.90 Å². The van der Waals surface area contributed by atoms with Crippen molar-refractivity contribution >= 4 is 5.91 Å². The number of rotatable bonds is 7. The first kappa shape index (κ1) is 19.9. The fraction of sp³-hybridized carbons (Fsp3) is 0.632. The number of halogens is 3. The van der Waals surface area contributed by atoms with Crippen LogP contribution in [0.5, 0.6) is 5.75 Å². The molecule has 27 heavy (non-hydrogen) atoms. The summed E-state index contributed by atoms with van der Waals surface area (Å²) >= 11 is 0. The summed E-state index contributed by atoms with van der Waals surface area (Å²) in [6.45, 7) is 2.47. The number of carbonyl (C=O) groups excluding carboxylic acids is 1. The molecule has 150 valence electrons. The van der Waals surface area contributed by atoms with Crippen LogP contribution >= 0.6 is 0 Å². The third-order valence-corrected chi connectivity index (χ3v) is 5.11. The van der Waals surface area contributed by atoms with E-state index >= 15 is 0 Å². The zero-order chi connectivity index (χ0) is 19.4. The molecule has 0 spiro atoms.